The second-order valence-electron chi connectivity index (χ2n) is 4.78. The Labute approximate surface area is 124 Å². The maximum Gasteiger partial charge on any atom is 0.323 e. The molecule has 1 heterocycles. The van der Waals surface area contributed by atoms with Gasteiger partial charge in [0, 0.05) is 5.56 Å². The number of benzene rings is 2. The minimum Gasteiger partial charge on any atom is -0.508 e. The van der Waals surface area contributed by atoms with Crippen molar-refractivity contribution in [2.24, 2.45) is 0 Å². The van der Waals surface area contributed by atoms with Crippen molar-refractivity contribution in [2.45, 2.75) is 6.54 Å². The molecule has 2 aromatic carbocycles. The summed E-state index contributed by atoms with van der Waals surface area (Å²) in [5.41, 5.74) is 1.20. The minimum absolute atomic E-state index is 0.0791. The number of fused-ring (bicyclic) bond motifs is 1. The van der Waals surface area contributed by atoms with Gasteiger partial charge in [-0.25, -0.2) is 4.98 Å². The number of phenols is 1. The van der Waals surface area contributed by atoms with Crippen LogP contribution in [0.2, 0.25) is 0 Å². The lowest BCUT2D eigenvalue weighted by Crippen LogP contribution is -2.26. The fourth-order valence-electron chi connectivity index (χ4n) is 2.29. The van der Waals surface area contributed by atoms with E-state index in [1.165, 1.54) is 16.7 Å². The van der Waals surface area contributed by atoms with Crippen LogP contribution in [0.25, 0.3) is 22.3 Å². The van der Waals surface area contributed by atoms with E-state index in [-0.39, 0.29) is 11.4 Å². The van der Waals surface area contributed by atoms with E-state index in [9.17, 15) is 14.7 Å². The fraction of sp³-hybridized carbons (Fsp3) is 0.0625. The molecule has 1 aromatic heterocycles. The van der Waals surface area contributed by atoms with E-state index in [2.05, 4.69) is 4.98 Å². The molecule has 0 radical (unpaired) electrons. The Morgan fingerprint density at radius 3 is 2.45 bits per heavy atom. The lowest BCUT2D eigenvalue weighted by Gasteiger charge is -2.10. The van der Waals surface area contributed by atoms with Crippen LogP contribution in [0.15, 0.2) is 53.3 Å². The Morgan fingerprint density at radius 1 is 1.09 bits per heavy atom. The van der Waals surface area contributed by atoms with E-state index in [0.717, 1.165) is 0 Å². The van der Waals surface area contributed by atoms with Crippen molar-refractivity contribution < 1.29 is 15.0 Å². The van der Waals surface area contributed by atoms with Crippen LogP contribution in [0.4, 0.5) is 0 Å². The van der Waals surface area contributed by atoms with Crippen molar-refractivity contribution in [2.75, 3.05) is 0 Å². The summed E-state index contributed by atoms with van der Waals surface area (Å²) >= 11 is 0. The normalized spacial score (nSPS) is 10.7. The number of carboxylic acids is 1. The third-order valence-electron chi connectivity index (χ3n) is 3.29. The highest BCUT2D eigenvalue weighted by atomic mass is 16.4. The Hall–Kier alpha value is -3.15. The first-order chi connectivity index (χ1) is 10.6. The van der Waals surface area contributed by atoms with Gasteiger partial charge in [-0.15, -0.1) is 0 Å². The lowest BCUT2D eigenvalue weighted by atomic mass is 10.1. The van der Waals surface area contributed by atoms with Gasteiger partial charge in [-0.05, 0) is 36.4 Å². The van der Waals surface area contributed by atoms with Crippen molar-refractivity contribution in [3.63, 3.8) is 0 Å². The summed E-state index contributed by atoms with van der Waals surface area (Å²) in [7, 11) is 0. The maximum absolute atomic E-state index is 12.6. The molecule has 0 aliphatic heterocycles. The van der Waals surface area contributed by atoms with Gasteiger partial charge in [0.25, 0.3) is 5.56 Å². The molecule has 22 heavy (non-hydrogen) atoms. The first kappa shape index (κ1) is 13.8. The molecule has 0 aliphatic rings. The molecule has 2 N–H and O–H groups in total. The van der Waals surface area contributed by atoms with Crippen LogP contribution in [-0.2, 0) is 11.3 Å². The topological polar surface area (TPSA) is 92.4 Å². The quantitative estimate of drug-likeness (QED) is 0.769. The zero-order chi connectivity index (χ0) is 15.7. The smallest absolute Gasteiger partial charge is 0.323 e. The SMILES string of the molecule is O=C(O)Cn1c(=O)c(-c2ccc(O)cc2)nc2ccccc21. The number of phenolic OH excluding ortho intramolecular Hbond substituents is 1. The molecule has 6 heteroatoms. The van der Waals surface area contributed by atoms with Crippen LogP contribution in [-0.4, -0.2) is 25.7 Å². The minimum atomic E-state index is -1.10. The summed E-state index contributed by atoms with van der Waals surface area (Å²) < 4.78 is 1.19. The van der Waals surface area contributed by atoms with Crippen molar-refractivity contribution in [1.29, 1.82) is 0 Å². The molecule has 0 fully saturated rings. The second kappa shape index (κ2) is 5.33. The summed E-state index contributed by atoms with van der Waals surface area (Å²) in [6.45, 7) is -0.438. The van der Waals surface area contributed by atoms with Crippen molar-refractivity contribution in [1.82, 2.24) is 9.55 Å². The molecule has 0 atom stereocenters. The van der Waals surface area contributed by atoms with E-state index < -0.39 is 18.1 Å². The van der Waals surface area contributed by atoms with Crippen molar-refractivity contribution in [3.05, 3.63) is 58.9 Å². The van der Waals surface area contributed by atoms with Gasteiger partial charge in [-0.2, -0.15) is 0 Å². The molecule has 110 valence electrons. The van der Waals surface area contributed by atoms with E-state index in [1.807, 2.05) is 0 Å². The van der Waals surface area contributed by atoms with Crippen molar-refractivity contribution >= 4 is 17.0 Å². The van der Waals surface area contributed by atoms with Gasteiger partial charge in [0.05, 0.1) is 11.0 Å². The molecule has 0 spiro atoms. The Balaban J connectivity index is 2.31. The van der Waals surface area contributed by atoms with E-state index in [1.54, 1.807) is 36.4 Å². The summed E-state index contributed by atoms with van der Waals surface area (Å²) in [5.74, 6) is -1.02. The first-order valence-corrected chi connectivity index (χ1v) is 6.57. The van der Waals surface area contributed by atoms with Gasteiger partial charge in [0.1, 0.15) is 18.0 Å². The van der Waals surface area contributed by atoms with E-state index >= 15 is 0 Å². The monoisotopic (exact) mass is 296 g/mol. The van der Waals surface area contributed by atoms with Crippen LogP contribution in [0.3, 0.4) is 0 Å². The predicted octanol–water partition coefficient (Wildman–Crippen LogP) is 1.85. The summed E-state index contributed by atoms with van der Waals surface area (Å²) in [6, 6.07) is 12.9. The molecule has 0 amide bonds. The van der Waals surface area contributed by atoms with Gasteiger partial charge in [-0.1, -0.05) is 12.1 Å². The Morgan fingerprint density at radius 2 is 1.77 bits per heavy atom. The third-order valence-corrected chi connectivity index (χ3v) is 3.29. The number of aromatic hydroxyl groups is 1. The molecule has 0 saturated heterocycles. The number of carboxylic acid groups (broad SMARTS) is 1. The van der Waals surface area contributed by atoms with Crippen LogP contribution in [0.5, 0.6) is 5.75 Å². The summed E-state index contributed by atoms with van der Waals surface area (Å²) in [5, 5.41) is 18.4. The van der Waals surface area contributed by atoms with Gasteiger partial charge < -0.3 is 10.2 Å². The van der Waals surface area contributed by atoms with Gasteiger partial charge >= 0.3 is 5.97 Å². The van der Waals surface area contributed by atoms with Gasteiger partial charge in [-0.3, -0.25) is 14.2 Å². The number of rotatable bonds is 3. The van der Waals surface area contributed by atoms with Crippen LogP contribution in [0, 0.1) is 0 Å². The molecule has 0 aliphatic carbocycles. The summed E-state index contributed by atoms with van der Waals surface area (Å²) in [6.07, 6.45) is 0. The molecule has 6 nitrogen and oxygen atoms in total. The highest BCUT2D eigenvalue weighted by Crippen LogP contribution is 2.20. The fourth-order valence-corrected chi connectivity index (χ4v) is 2.29. The average molecular weight is 296 g/mol. The maximum atomic E-state index is 12.6. The second-order valence-corrected chi connectivity index (χ2v) is 4.78. The van der Waals surface area contributed by atoms with Gasteiger partial charge in [0.15, 0.2) is 0 Å². The number of aliphatic carboxylic acids is 1. The number of hydrogen-bond acceptors (Lipinski definition) is 4. The Kier molecular flexibility index (Phi) is 3.34. The average Bonchev–Trinajstić information content (AvgIpc) is 2.50. The molecular formula is C16H12N2O4. The van der Waals surface area contributed by atoms with Crippen LogP contribution < -0.4 is 5.56 Å². The van der Waals surface area contributed by atoms with Crippen LogP contribution >= 0.6 is 0 Å². The largest absolute Gasteiger partial charge is 0.508 e. The first-order valence-electron chi connectivity index (χ1n) is 6.57. The van der Waals surface area contributed by atoms with Gasteiger partial charge in [0.2, 0.25) is 0 Å². The molecule has 3 rings (SSSR count). The van der Waals surface area contributed by atoms with Crippen molar-refractivity contribution in [3.8, 4) is 17.0 Å². The number of carbonyl (C=O) groups is 1. The number of para-hydroxylation sites is 2. The lowest BCUT2D eigenvalue weighted by molar-refractivity contribution is -0.137. The molecular weight excluding hydrogens is 284 g/mol. The van der Waals surface area contributed by atoms with Crippen LogP contribution in [0.1, 0.15) is 0 Å². The molecule has 0 unspecified atom stereocenters. The highest BCUT2D eigenvalue weighted by Gasteiger charge is 2.14. The predicted molar refractivity (Wildman–Crippen MR) is 80.7 cm³/mol. The number of nitrogens with zero attached hydrogens (tertiary/aromatic N) is 2. The summed E-state index contributed by atoms with van der Waals surface area (Å²) in [4.78, 5) is 28.0. The third kappa shape index (κ3) is 2.42. The zero-order valence-electron chi connectivity index (χ0n) is 11.4. The standard InChI is InChI=1S/C16H12N2O4/c19-11-7-5-10(6-8-11)15-16(22)18(9-14(20)21)13-4-2-1-3-12(13)17-15/h1-8,19H,9H2,(H,20,21). The molecule has 0 saturated carbocycles. The number of hydrogen-bond donors (Lipinski definition) is 2. The highest BCUT2D eigenvalue weighted by molar-refractivity contribution is 5.79. The Bertz CT molecular complexity index is 914. The molecule has 0 bridgehead atoms. The van der Waals surface area contributed by atoms with E-state index in [0.29, 0.717) is 16.6 Å². The number of aromatic nitrogens is 2. The molecule has 3 aromatic rings. The van der Waals surface area contributed by atoms with E-state index in [4.69, 9.17) is 5.11 Å². The zero-order valence-corrected chi connectivity index (χ0v) is 11.4.